The maximum absolute atomic E-state index is 12.6. The van der Waals surface area contributed by atoms with Crippen LogP contribution < -0.4 is 10.0 Å². The van der Waals surface area contributed by atoms with E-state index in [-0.39, 0.29) is 4.90 Å². The van der Waals surface area contributed by atoms with E-state index in [1.54, 1.807) is 35.0 Å². The fourth-order valence-corrected chi connectivity index (χ4v) is 6.33. The Labute approximate surface area is 203 Å². The van der Waals surface area contributed by atoms with E-state index in [1.807, 2.05) is 24.3 Å². The second kappa shape index (κ2) is 8.71. The van der Waals surface area contributed by atoms with Crippen LogP contribution in [-0.4, -0.2) is 23.4 Å². The standard InChI is InChI=1S/C22H16ClN5O2S3/c1-13-18(14-2-4-15(23)5-3-14)19-20(25-12-26-21(19)32-13)27-16-6-8-17(9-7-16)33(29,30)28-22-24-10-11-31-22/h2-12H,1H3,(H,24,28)(H,25,26,27). The Morgan fingerprint density at radius 2 is 1.73 bits per heavy atom. The van der Waals surface area contributed by atoms with Gasteiger partial charge in [0.1, 0.15) is 17.0 Å². The average molecular weight is 514 g/mol. The summed E-state index contributed by atoms with van der Waals surface area (Å²) in [6, 6.07) is 14.1. The Balaban J connectivity index is 1.48. The summed E-state index contributed by atoms with van der Waals surface area (Å²) in [5, 5.41) is 6.92. The first-order chi connectivity index (χ1) is 15.9. The van der Waals surface area contributed by atoms with Crippen LogP contribution in [0.15, 0.2) is 71.3 Å². The van der Waals surface area contributed by atoms with Crippen molar-refractivity contribution in [2.75, 3.05) is 10.0 Å². The molecule has 3 aromatic heterocycles. The van der Waals surface area contributed by atoms with E-state index in [1.165, 1.54) is 29.8 Å². The van der Waals surface area contributed by atoms with Crippen LogP contribution in [0.1, 0.15) is 4.88 Å². The molecule has 7 nitrogen and oxygen atoms in total. The summed E-state index contributed by atoms with van der Waals surface area (Å²) in [6.07, 6.45) is 3.06. The number of aryl methyl sites for hydroxylation is 1. The Kier molecular flexibility index (Phi) is 5.75. The van der Waals surface area contributed by atoms with Gasteiger partial charge in [-0.2, -0.15) is 0 Å². The molecular weight excluding hydrogens is 498 g/mol. The summed E-state index contributed by atoms with van der Waals surface area (Å²) in [6.45, 7) is 2.05. The zero-order valence-electron chi connectivity index (χ0n) is 17.1. The van der Waals surface area contributed by atoms with Gasteiger partial charge in [-0.05, 0) is 48.9 Å². The van der Waals surface area contributed by atoms with Gasteiger partial charge in [0, 0.05) is 32.7 Å². The van der Waals surface area contributed by atoms with Gasteiger partial charge in [-0.25, -0.2) is 23.4 Å². The molecule has 0 spiro atoms. The average Bonchev–Trinajstić information content (AvgIpc) is 3.42. The van der Waals surface area contributed by atoms with Crippen molar-refractivity contribution >= 4 is 71.2 Å². The van der Waals surface area contributed by atoms with E-state index in [0.29, 0.717) is 21.7 Å². The van der Waals surface area contributed by atoms with Gasteiger partial charge in [-0.1, -0.05) is 23.7 Å². The lowest BCUT2D eigenvalue weighted by Gasteiger charge is -2.10. The van der Waals surface area contributed by atoms with Crippen molar-refractivity contribution in [1.29, 1.82) is 0 Å². The van der Waals surface area contributed by atoms with Gasteiger partial charge in [0.15, 0.2) is 5.13 Å². The van der Waals surface area contributed by atoms with Crippen molar-refractivity contribution < 1.29 is 8.42 Å². The first-order valence-corrected chi connectivity index (χ1v) is 13.3. The van der Waals surface area contributed by atoms with Crippen molar-refractivity contribution in [3.8, 4) is 11.1 Å². The molecule has 0 saturated carbocycles. The summed E-state index contributed by atoms with van der Waals surface area (Å²) < 4.78 is 27.6. The molecule has 0 fully saturated rings. The first kappa shape index (κ1) is 21.8. The molecule has 166 valence electrons. The van der Waals surface area contributed by atoms with Crippen molar-refractivity contribution in [2.24, 2.45) is 0 Å². The minimum absolute atomic E-state index is 0.143. The lowest BCUT2D eigenvalue weighted by atomic mass is 10.0. The summed E-state index contributed by atoms with van der Waals surface area (Å²) in [5.41, 5.74) is 2.77. The number of rotatable bonds is 6. The molecule has 0 aliphatic heterocycles. The molecule has 5 rings (SSSR count). The molecule has 0 amide bonds. The quantitative estimate of drug-likeness (QED) is 0.276. The highest BCUT2D eigenvalue weighted by atomic mass is 35.5. The predicted octanol–water partition coefficient (Wildman–Crippen LogP) is 6.32. The molecule has 0 saturated heterocycles. The fourth-order valence-electron chi connectivity index (χ4n) is 3.41. The second-order valence-corrected chi connectivity index (χ2v) is 11.3. The summed E-state index contributed by atoms with van der Waals surface area (Å²) in [7, 11) is -3.72. The van der Waals surface area contributed by atoms with E-state index < -0.39 is 10.0 Å². The van der Waals surface area contributed by atoms with Gasteiger partial charge in [0.05, 0.1) is 10.3 Å². The topological polar surface area (TPSA) is 96.9 Å². The lowest BCUT2D eigenvalue weighted by molar-refractivity contribution is 0.601. The molecule has 11 heteroatoms. The minimum atomic E-state index is -3.72. The second-order valence-electron chi connectivity index (χ2n) is 7.03. The number of nitrogens with one attached hydrogen (secondary N) is 2. The lowest BCUT2D eigenvalue weighted by Crippen LogP contribution is -2.12. The molecule has 0 unspecified atom stereocenters. The van der Waals surface area contributed by atoms with E-state index >= 15 is 0 Å². The molecular formula is C22H16ClN5O2S3. The molecule has 0 radical (unpaired) electrons. The fraction of sp³-hybridized carbons (Fsp3) is 0.0455. The number of nitrogens with zero attached hydrogens (tertiary/aromatic N) is 3. The van der Waals surface area contributed by atoms with E-state index in [0.717, 1.165) is 26.2 Å². The number of hydrogen-bond donors (Lipinski definition) is 2. The number of thiophene rings is 1. The number of benzene rings is 2. The number of sulfonamides is 1. The minimum Gasteiger partial charge on any atom is -0.340 e. The number of thiazole rings is 1. The molecule has 2 N–H and O–H groups in total. The maximum Gasteiger partial charge on any atom is 0.263 e. The Hall–Kier alpha value is -3.05. The number of aromatic nitrogens is 3. The van der Waals surface area contributed by atoms with Gasteiger partial charge in [0.25, 0.3) is 10.0 Å². The molecule has 5 aromatic rings. The van der Waals surface area contributed by atoms with Crippen LogP contribution in [0, 0.1) is 6.92 Å². The van der Waals surface area contributed by atoms with Crippen molar-refractivity contribution in [1.82, 2.24) is 15.0 Å². The molecule has 0 atom stereocenters. The van der Waals surface area contributed by atoms with Crippen LogP contribution in [-0.2, 0) is 10.0 Å². The number of hydrogen-bond acceptors (Lipinski definition) is 8. The van der Waals surface area contributed by atoms with Crippen molar-refractivity contribution in [3.63, 3.8) is 0 Å². The Morgan fingerprint density at radius 1 is 0.970 bits per heavy atom. The van der Waals surface area contributed by atoms with Crippen LogP contribution in [0.4, 0.5) is 16.6 Å². The highest BCUT2D eigenvalue weighted by molar-refractivity contribution is 7.93. The van der Waals surface area contributed by atoms with E-state index in [9.17, 15) is 8.42 Å². The molecule has 0 bridgehead atoms. The van der Waals surface area contributed by atoms with Crippen LogP contribution >= 0.6 is 34.3 Å². The molecule has 0 aliphatic rings. The Morgan fingerprint density at radius 3 is 2.42 bits per heavy atom. The van der Waals surface area contributed by atoms with Gasteiger partial charge >= 0.3 is 0 Å². The third-order valence-corrected chi connectivity index (χ3v) is 8.32. The molecule has 33 heavy (non-hydrogen) atoms. The van der Waals surface area contributed by atoms with E-state index in [2.05, 4.69) is 31.9 Å². The van der Waals surface area contributed by atoms with Crippen LogP contribution in [0.5, 0.6) is 0 Å². The van der Waals surface area contributed by atoms with E-state index in [4.69, 9.17) is 11.6 Å². The highest BCUT2D eigenvalue weighted by Gasteiger charge is 2.18. The van der Waals surface area contributed by atoms with Crippen LogP contribution in [0.2, 0.25) is 5.02 Å². The third kappa shape index (κ3) is 4.42. The summed E-state index contributed by atoms with van der Waals surface area (Å²) in [4.78, 5) is 15.0. The molecule has 3 heterocycles. The summed E-state index contributed by atoms with van der Waals surface area (Å²) in [5.74, 6) is 0.644. The van der Waals surface area contributed by atoms with Crippen molar-refractivity contribution in [2.45, 2.75) is 11.8 Å². The Bertz CT molecular complexity index is 1530. The van der Waals surface area contributed by atoms with Crippen LogP contribution in [0.3, 0.4) is 0 Å². The first-order valence-electron chi connectivity index (χ1n) is 9.70. The molecule has 0 aliphatic carbocycles. The van der Waals surface area contributed by atoms with Gasteiger partial charge < -0.3 is 5.32 Å². The molecule has 2 aromatic carbocycles. The van der Waals surface area contributed by atoms with Gasteiger partial charge in [-0.3, -0.25) is 4.72 Å². The zero-order chi connectivity index (χ0) is 23.0. The smallest absolute Gasteiger partial charge is 0.263 e. The monoisotopic (exact) mass is 513 g/mol. The predicted molar refractivity (Wildman–Crippen MR) is 135 cm³/mol. The SMILES string of the molecule is Cc1sc2ncnc(Nc3ccc(S(=O)(=O)Nc4nccs4)cc3)c2c1-c1ccc(Cl)cc1. The number of fused-ring (bicyclic) bond motifs is 1. The third-order valence-electron chi connectivity index (χ3n) is 4.88. The number of halogens is 1. The maximum atomic E-state index is 12.6. The van der Waals surface area contributed by atoms with Gasteiger partial charge in [0.2, 0.25) is 0 Å². The largest absolute Gasteiger partial charge is 0.340 e. The van der Waals surface area contributed by atoms with Crippen molar-refractivity contribution in [3.05, 3.63) is 76.3 Å². The zero-order valence-corrected chi connectivity index (χ0v) is 20.3. The van der Waals surface area contributed by atoms with Gasteiger partial charge in [-0.15, -0.1) is 22.7 Å². The number of anilines is 3. The van der Waals surface area contributed by atoms with Crippen LogP contribution in [0.25, 0.3) is 21.3 Å². The highest BCUT2D eigenvalue weighted by Crippen LogP contribution is 2.41. The normalized spacial score (nSPS) is 11.6. The summed E-state index contributed by atoms with van der Waals surface area (Å²) >= 11 is 8.88.